The molecule has 0 atom stereocenters. The quantitative estimate of drug-likeness (QED) is 0.563. The highest BCUT2D eigenvalue weighted by atomic mass is 14.7. The van der Waals surface area contributed by atoms with E-state index in [4.69, 9.17) is 0 Å². The summed E-state index contributed by atoms with van der Waals surface area (Å²) in [5.41, 5.74) is 2.13. The number of rotatable bonds is 0. The van der Waals surface area contributed by atoms with Crippen LogP contribution >= 0.6 is 0 Å². The lowest BCUT2D eigenvalue weighted by atomic mass is 10.2. The van der Waals surface area contributed by atoms with Crippen molar-refractivity contribution in [1.29, 1.82) is 0 Å². The van der Waals surface area contributed by atoms with Crippen LogP contribution in [0.4, 0.5) is 0 Å². The van der Waals surface area contributed by atoms with Crippen LogP contribution in [0, 0.1) is 11.8 Å². The van der Waals surface area contributed by atoms with Crippen LogP contribution in [0.5, 0.6) is 0 Å². The molecule has 0 radical (unpaired) electrons. The highest BCUT2D eigenvalue weighted by Crippen LogP contribution is 2.13. The molecule has 0 aliphatic rings. The molecule has 0 aliphatic carbocycles. The molecule has 0 saturated heterocycles. The third kappa shape index (κ3) is 1.08. The molecule has 58 valence electrons. The minimum absolute atomic E-state index is 0.985. The molecule has 2 aromatic rings. The van der Waals surface area contributed by atoms with Crippen molar-refractivity contribution in [2.75, 3.05) is 0 Å². The second-order valence-electron chi connectivity index (χ2n) is 2.65. The van der Waals surface area contributed by atoms with Gasteiger partial charge < -0.3 is 4.98 Å². The molecule has 0 spiro atoms. The Labute approximate surface area is 71.4 Å². The first kappa shape index (κ1) is 7.00. The number of fused-ring (bicyclic) bond motifs is 1. The van der Waals surface area contributed by atoms with E-state index in [1.54, 1.807) is 0 Å². The topological polar surface area (TPSA) is 15.8 Å². The second-order valence-corrected chi connectivity index (χ2v) is 2.65. The molecule has 2 rings (SSSR count). The van der Waals surface area contributed by atoms with Gasteiger partial charge in [0.2, 0.25) is 0 Å². The molecule has 1 aromatic carbocycles. The van der Waals surface area contributed by atoms with Gasteiger partial charge in [0.25, 0.3) is 0 Å². The van der Waals surface area contributed by atoms with Crippen molar-refractivity contribution in [2.45, 2.75) is 6.92 Å². The summed E-state index contributed by atoms with van der Waals surface area (Å²) < 4.78 is 0. The maximum absolute atomic E-state index is 3.22. The first-order chi connectivity index (χ1) is 5.90. The molecule has 1 heteroatoms. The molecular formula is C11H9N. The molecule has 0 amide bonds. The molecule has 0 saturated carbocycles. The number of hydrogen-bond donors (Lipinski definition) is 1. The standard InChI is InChI=1S/C11H9N/c1-2-5-10-8-9-6-3-4-7-11(9)12-10/h3-4,6-8,12H,1H3. The smallest absolute Gasteiger partial charge is 0.0904 e. The summed E-state index contributed by atoms with van der Waals surface area (Å²) in [7, 11) is 0. The Morgan fingerprint density at radius 2 is 2.08 bits per heavy atom. The number of hydrogen-bond acceptors (Lipinski definition) is 0. The number of aromatic amines is 1. The highest BCUT2D eigenvalue weighted by molar-refractivity contribution is 5.81. The number of aromatic nitrogens is 1. The van der Waals surface area contributed by atoms with Crippen molar-refractivity contribution in [2.24, 2.45) is 0 Å². The van der Waals surface area contributed by atoms with Crippen molar-refractivity contribution in [3.63, 3.8) is 0 Å². The van der Waals surface area contributed by atoms with Crippen molar-refractivity contribution in [1.82, 2.24) is 4.98 Å². The Morgan fingerprint density at radius 3 is 2.83 bits per heavy atom. The molecule has 1 heterocycles. The third-order valence-corrected chi connectivity index (χ3v) is 1.79. The van der Waals surface area contributed by atoms with E-state index in [2.05, 4.69) is 35.0 Å². The lowest BCUT2D eigenvalue weighted by Gasteiger charge is -1.83. The summed E-state index contributed by atoms with van der Waals surface area (Å²) in [6, 6.07) is 10.2. The number of nitrogens with one attached hydrogen (secondary N) is 1. The maximum Gasteiger partial charge on any atom is 0.0904 e. The zero-order valence-corrected chi connectivity index (χ0v) is 6.89. The van der Waals surface area contributed by atoms with E-state index in [-0.39, 0.29) is 0 Å². The Hall–Kier alpha value is -1.68. The Kier molecular flexibility index (Phi) is 1.60. The SMILES string of the molecule is CC#Cc1cc2ccccc2[nH]1. The van der Waals surface area contributed by atoms with E-state index in [1.165, 1.54) is 5.39 Å². The van der Waals surface area contributed by atoms with Crippen LogP contribution in [0.1, 0.15) is 12.6 Å². The van der Waals surface area contributed by atoms with Crippen LogP contribution < -0.4 is 0 Å². The maximum atomic E-state index is 3.22. The van der Waals surface area contributed by atoms with Gasteiger partial charge in [0.1, 0.15) is 0 Å². The van der Waals surface area contributed by atoms with E-state index in [1.807, 2.05) is 19.1 Å². The zero-order valence-electron chi connectivity index (χ0n) is 6.89. The van der Waals surface area contributed by atoms with Crippen molar-refractivity contribution in [3.8, 4) is 11.8 Å². The number of para-hydroxylation sites is 1. The lowest BCUT2D eigenvalue weighted by molar-refractivity contribution is 1.42. The fourth-order valence-corrected chi connectivity index (χ4v) is 1.28. The Balaban J connectivity index is 2.67. The van der Waals surface area contributed by atoms with Gasteiger partial charge in [-0.25, -0.2) is 0 Å². The normalized spacial score (nSPS) is 9.42. The van der Waals surface area contributed by atoms with Crippen LogP contribution in [0.2, 0.25) is 0 Å². The summed E-state index contributed by atoms with van der Waals surface area (Å²) >= 11 is 0. The summed E-state index contributed by atoms with van der Waals surface area (Å²) in [4.78, 5) is 3.22. The summed E-state index contributed by atoms with van der Waals surface area (Å²) in [6.07, 6.45) is 0. The zero-order chi connectivity index (χ0) is 8.39. The predicted molar refractivity (Wildman–Crippen MR) is 50.9 cm³/mol. The van der Waals surface area contributed by atoms with Crippen molar-refractivity contribution in [3.05, 3.63) is 36.0 Å². The van der Waals surface area contributed by atoms with Gasteiger partial charge in [-0.1, -0.05) is 24.1 Å². The third-order valence-electron chi connectivity index (χ3n) is 1.79. The van der Waals surface area contributed by atoms with Gasteiger partial charge in [-0.2, -0.15) is 0 Å². The van der Waals surface area contributed by atoms with E-state index in [0.717, 1.165) is 11.2 Å². The minimum Gasteiger partial charge on any atom is -0.348 e. The van der Waals surface area contributed by atoms with E-state index in [0.29, 0.717) is 0 Å². The Bertz CT molecular complexity index is 421. The molecule has 0 unspecified atom stereocenters. The van der Waals surface area contributed by atoms with E-state index < -0.39 is 0 Å². The van der Waals surface area contributed by atoms with Crippen LogP contribution in [0.25, 0.3) is 10.9 Å². The van der Waals surface area contributed by atoms with Gasteiger partial charge in [0.05, 0.1) is 5.69 Å². The molecule has 1 aromatic heterocycles. The largest absolute Gasteiger partial charge is 0.348 e. The van der Waals surface area contributed by atoms with Gasteiger partial charge in [-0.3, -0.25) is 0 Å². The first-order valence-electron chi connectivity index (χ1n) is 3.90. The summed E-state index contributed by atoms with van der Waals surface area (Å²) in [6.45, 7) is 1.84. The summed E-state index contributed by atoms with van der Waals surface area (Å²) in [5, 5.41) is 1.22. The van der Waals surface area contributed by atoms with Crippen molar-refractivity contribution >= 4 is 10.9 Å². The molecule has 1 N–H and O–H groups in total. The van der Waals surface area contributed by atoms with Crippen LogP contribution in [0.3, 0.4) is 0 Å². The average molecular weight is 155 g/mol. The molecule has 0 bridgehead atoms. The van der Waals surface area contributed by atoms with E-state index >= 15 is 0 Å². The number of H-pyrrole nitrogens is 1. The molecule has 0 aliphatic heterocycles. The number of benzene rings is 1. The van der Waals surface area contributed by atoms with Gasteiger partial charge in [0, 0.05) is 10.9 Å². The van der Waals surface area contributed by atoms with Crippen LogP contribution in [-0.4, -0.2) is 4.98 Å². The van der Waals surface area contributed by atoms with E-state index in [9.17, 15) is 0 Å². The fraction of sp³-hybridized carbons (Fsp3) is 0.0909. The molecular weight excluding hydrogens is 146 g/mol. The highest BCUT2D eigenvalue weighted by Gasteiger charge is 1.94. The van der Waals surface area contributed by atoms with Gasteiger partial charge >= 0.3 is 0 Å². The van der Waals surface area contributed by atoms with Gasteiger partial charge in [-0.15, -0.1) is 0 Å². The van der Waals surface area contributed by atoms with Gasteiger partial charge in [0.15, 0.2) is 0 Å². The second kappa shape index (κ2) is 2.75. The van der Waals surface area contributed by atoms with Crippen LogP contribution in [0.15, 0.2) is 30.3 Å². The average Bonchev–Trinajstić information content (AvgIpc) is 2.47. The molecule has 1 nitrogen and oxygen atoms in total. The lowest BCUT2D eigenvalue weighted by Crippen LogP contribution is -1.68. The fourth-order valence-electron chi connectivity index (χ4n) is 1.28. The molecule has 0 fully saturated rings. The first-order valence-corrected chi connectivity index (χ1v) is 3.90. The van der Waals surface area contributed by atoms with Gasteiger partial charge in [-0.05, 0) is 25.0 Å². The minimum atomic E-state index is 0.985. The Morgan fingerprint density at radius 1 is 1.25 bits per heavy atom. The summed E-state index contributed by atoms with van der Waals surface area (Å²) in [5.74, 6) is 5.86. The predicted octanol–water partition coefficient (Wildman–Crippen LogP) is 2.54. The monoisotopic (exact) mass is 155 g/mol. The molecule has 12 heavy (non-hydrogen) atoms. The van der Waals surface area contributed by atoms with Crippen LogP contribution in [-0.2, 0) is 0 Å². The van der Waals surface area contributed by atoms with Crippen molar-refractivity contribution < 1.29 is 0 Å².